The molecular formula is C21H27FN6O. The standard InChI is InChI=1S/C21H27FN6O/c1-13(25-21(29)17-12-24-20(14-3-4-14)26-19(17)23)16-11-15(22)5-6-18(16)28-9-7-27(2)8-10-28/h5-6,11-14H,3-4,7-10H2,1-2H3,(H,25,29)(H2,23,24,26). The molecule has 4 rings (SSSR count). The molecule has 1 aromatic carbocycles. The highest BCUT2D eigenvalue weighted by Crippen LogP contribution is 2.38. The van der Waals surface area contributed by atoms with E-state index in [-0.39, 0.29) is 23.1 Å². The molecule has 1 aliphatic carbocycles. The molecule has 1 amide bonds. The maximum absolute atomic E-state index is 14.0. The molecule has 1 aromatic heterocycles. The van der Waals surface area contributed by atoms with Crippen LogP contribution in [0.4, 0.5) is 15.9 Å². The number of carbonyl (C=O) groups is 1. The molecule has 2 fully saturated rings. The van der Waals surface area contributed by atoms with Crippen molar-refractivity contribution in [3.05, 3.63) is 47.2 Å². The smallest absolute Gasteiger partial charge is 0.257 e. The zero-order chi connectivity index (χ0) is 20.5. The Morgan fingerprint density at radius 3 is 2.66 bits per heavy atom. The summed E-state index contributed by atoms with van der Waals surface area (Å²) in [4.78, 5) is 25.8. The fourth-order valence-electron chi connectivity index (χ4n) is 3.68. The van der Waals surface area contributed by atoms with E-state index >= 15 is 0 Å². The van der Waals surface area contributed by atoms with Gasteiger partial charge in [-0.2, -0.15) is 0 Å². The van der Waals surface area contributed by atoms with Crippen LogP contribution in [0.2, 0.25) is 0 Å². The van der Waals surface area contributed by atoms with Crippen LogP contribution in [-0.2, 0) is 0 Å². The van der Waals surface area contributed by atoms with Crippen LogP contribution in [0.25, 0.3) is 0 Å². The number of nitrogen functional groups attached to an aromatic ring is 1. The molecule has 1 unspecified atom stereocenters. The van der Waals surface area contributed by atoms with Crippen LogP contribution >= 0.6 is 0 Å². The van der Waals surface area contributed by atoms with E-state index < -0.39 is 6.04 Å². The van der Waals surface area contributed by atoms with Gasteiger partial charge in [0.25, 0.3) is 5.91 Å². The van der Waals surface area contributed by atoms with Gasteiger partial charge in [0.1, 0.15) is 17.5 Å². The minimum Gasteiger partial charge on any atom is -0.383 e. The third-order valence-corrected chi connectivity index (χ3v) is 5.67. The maximum atomic E-state index is 14.0. The predicted octanol–water partition coefficient (Wildman–Crippen LogP) is 2.32. The number of rotatable bonds is 5. The lowest BCUT2D eigenvalue weighted by Gasteiger charge is -2.36. The number of nitrogens with two attached hydrogens (primary N) is 1. The molecule has 1 saturated heterocycles. The first-order chi connectivity index (χ1) is 13.9. The number of benzene rings is 1. The first-order valence-electron chi connectivity index (χ1n) is 10.1. The highest BCUT2D eigenvalue weighted by atomic mass is 19.1. The van der Waals surface area contributed by atoms with Crippen molar-refractivity contribution in [1.29, 1.82) is 0 Å². The molecule has 3 N–H and O–H groups in total. The van der Waals surface area contributed by atoms with Gasteiger partial charge < -0.3 is 20.9 Å². The van der Waals surface area contributed by atoms with Gasteiger partial charge in [-0.15, -0.1) is 0 Å². The van der Waals surface area contributed by atoms with E-state index in [0.717, 1.165) is 50.3 Å². The predicted molar refractivity (Wildman–Crippen MR) is 110 cm³/mol. The van der Waals surface area contributed by atoms with E-state index in [9.17, 15) is 9.18 Å². The third-order valence-electron chi connectivity index (χ3n) is 5.67. The van der Waals surface area contributed by atoms with Crippen LogP contribution in [0.5, 0.6) is 0 Å². The van der Waals surface area contributed by atoms with Gasteiger partial charge in [-0.25, -0.2) is 14.4 Å². The summed E-state index contributed by atoms with van der Waals surface area (Å²) < 4.78 is 14.0. The van der Waals surface area contributed by atoms with Gasteiger partial charge in [0, 0.05) is 49.5 Å². The molecule has 29 heavy (non-hydrogen) atoms. The second kappa shape index (κ2) is 7.94. The summed E-state index contributed by atoms with van der Waals surface area (Å²) in [6, 6.07) is 4.36. The summed E-state index contributed by atoms with van der Waals surface area (Å²) in [6.07, 6.45) is 3.62. The molecule has 0 spiro atoms. The van der Waals surface area contributed by atoms with E-state index in [1.807, 2.05) is 6.92 Å². The lowest BCUT2D eigenvalue weighted by molar-refractivity contribution is 0.0940. The molecular weight excluding hydrogens is 371 g/mol. The molecule has 0 radical (unpaired) electrons. The van der Waals surface area contributed by atoms with Crippen LogP contribution < -0.4 is 16.0 Å². The van der Waals surface area contributed by atoms with Crippen molar-refractivity contribution >= 4 is 17.4 Å². The van der Waals surface area contributed by atoms with E-state index in [2.05, 4.69) is 32.1 Å². The Kier molecular flexibility index (Phi) is 5.36. The monoisotopic (exact) mass is 398 g/mol. The van der Waals surface area contributed by atoms with Crippen LogP contribution in [-0.4, -0.2) is 54.0 Å². The highest BCUT2D eigenvalue weighted by molar-refractivity contribution is 5.98. The quantitative estimate of drug-likeness (QED) is 0.804. The minimum atomic E-state index is -0.393. The van der Waals surface area contributed by atoms with Gasteiger partial charge in [-0.05, 0) is 45.0 Å². The van der Waals surface area contributed by atoms with E-state index in [4.69, 9.17) is 5.73 Å². The van der Waals surface area contributed by atoms with Crippen LogP contribution in [0.15, 0.2) is 24.4 Å². The first kappa shape index (κ1) is 19.6. The van der Waals surface area contributed by atoms with E-state index in [1.54, 1.807) is 6.07 Å². The van der Waals surface area contributed by atoms with Crippen molar-refractivity contribution in [3.8, 4) is 0 Å². The van der Waals surface area contributed by atoms with Crippen LogP contribution in [0.3, 0.4) is 0 Å². The van der Waals surface area contributed by atoms with Crippen molar-refractivity contribution in [1.82, 2.24) is 20.2 Å². The summed E-state index contributed by atoms with van der Waals surface area (Å²) in [6.45, 7) is 5.46. The van der Waals surface area contributed by atoms with Gasteiger partial charge in [-0.1, -0.05) is 0 Å². The number of hydrogen-bond acceptors (Lipinski definition) is 6. The van der Waals surface area contributed by atoms with Gasteiger partial charge in [0.05, 0.1) is 11.6 Å². The van der Waals surface area contributed by atoms with Crippen LogP contribution in [0.1, 0.15) is 53.5 Å². The second-order valence-electron chi connectivity index (χ2n) is 7.99. The van der Waals surface area contributed by atoms with Gasteiger partial charge in [-0.3, -0.25) is 4.79 Å². The zero-order valence-corrected chi connectivity index (χ0v) is 16.9. The summed E-state index contributed by atoms with van der Waals surface area (Å²) in [5.74, 6) is 0.577. The van der Waals surface area contributed by atoms with Gasteiger partial charge in [0.2, 0.25) is 0 Å². The van der Waals surface area contributed by atoms with Gasteiger partial charge >= 0.3 is 0 Å². The Hall–Kier alpha value is -2.74. The number of anilines is 2. The number of likely N-dealkylation sites (N-methyl/N-ethyl adjacent to an activating group) is 1. The number of hydrogen-bond donors (Lipinski definition) is 2. The lowest BCUT2D eigenvalue weighted by atomic mass is 10.0. The molecule has 2 aromatic rings. The zero-order valence-electron chi connectivity index (χ0n) is 16.9. The number of halogens is 1. The number of aromatic nitrogens is 2. The lowest BCUT2D eigenvalue weighted by Crippen LogP contribution is -2.45. The first-order valence-corrected chi connectivity index (χ1v) is 10.1. The average Bonchev–Trinajstić information content (AvgIpc) is 3.54. The summed E-state index contributed by atoms with van der Waals surface area (Å²) >= 11 is 0. The van der Waals surface area contributed by atoms with Crippen molar-refractivity contribution in [2.24, 2.45) is 0 Å². The van der Waals surface area contributed by atoms with E-state index in [0.29, 0.717) is 11.7 Å². The molecule has 1 aliphatic heterocycles. The molecule has 7 nitrogen and oxygen atoms in total. The second-order valence-corrected chi connectivity index (χ2v) is 7.99. The van der Waals surface area contributed by atoms with Crippen molar-refractivity contribution in [2.75, 3.05) is 43.9 Å². The molecule has 1 atom stereocenters. The third kappa shape index (κ3) is 4.32. The average molecular weight is 398 g/mol. The topological polar surface area (TPSA) is 87.4 Å². The number of amides is 1. The molecule has 1 saturated carbocycles. The minimum absolute atomic E-state index is 0.185. The van der Waals surface area contributed by atoms with Crippen molar-refractivity contribution < 1.29 is 9.18 Å². The van der Waals surface area contributed by atoms with Gasteiger partial charge in [0.15, 0.2) is 0 Å². The molecule has 2 heterocycles. The maximum Gasteiger partial charge on any atom is 0.257 e. The summed E-state index contributed by atoms with van der Waals surface area (Å²) in [5.41, 5.74) is 7.94. The molecule has 0 bridgehead atoms. The number of nitrogens with zero attached hydrogens (tertiary/aromatic N) is 4. The fraction of sp³-hybridized carbons (Fsp3) is 0.476. The highest BCUT2D eigenvalue weighted by Gasteiger charge is 2.28. The summed E-state index contributed by atoms with van der Waals surface area (Å²) in [7, 11) is 2.09. The van der Waals surface area contributed by atoms with Crippen molar-refractivity contribution in [2.45, 2.75) is 31.7 Å². The number of carbonyl (C=O) groups excluding carboxylic acids is 1. The molecule has 154 valence electrons. The Bertz CT molecular complexity index is 908. The molecule has 8 heteroatoms. The van der Waals surface area contributed by atoms with Crippen LogP contribution in [0, 0.1) is 5.82 Å². The van der Waals surface area contributed by atoms with E-state index in [1.165, 1.54) is 18.3 Å². The number of piperazine rings is 1. The fourth-order valence-corrected chi connectivity index (χ4v) is 3.68. The Balaban J connectivity index is 1.52. The summed E-state index contributed by atoms with van der Waals surface area (Å²) in [5, 5.41) is 2.93. The SMILES string of the molecule is CC(NC(=O)c1cnc(C2CC2)nc1N)c1cc(F)ccc1N1CCN(C)CC1. The van der Waals surface area contributed by atoms with Crippen molar-refractivity contribution in [3.63, 3.8) is 0 Å². The normalized spacial score (nSPS) is 18.5. The largest absolute Gasteiger partial charge is 0.383 e. The molecule has 2 aliphatic rings. The Morgan fingerprint density at radius 1 is 1.28 bits per heavy atom. The Labute approximate surface area is 170 Å². The Morgan fingerprint density at radius 2 is 2.00 bits per heavy atom. The number of nitrogens with one attached hydrogen (secondary N) is 1.